The molecular weight excluding hydrogens is 269 g/mol. The average molecular weight is 284 g/mol. The van der Waals surface area contributed by atoms with Gasteiger partial charge in [-0.3, -0.25) is 0 Å². The van der Waals surface area contributed by atoms with Crippen LogP contribution < -0.4 is 5.73 Å². The zero-order chi connectivity index (χ0) is 13.8. The first-order valence-corrected chi connectivity index (χ1v) is 6.50. The van der Waals surface area contributed by atoms with Gasteiger partial charge in [-0.15, -0.1) is 0 Å². The summed E-state index contributed by atoms with van der Waals surface area (Å²) < 4.78 is 18.8. The summed E-state index contributed by atoms with van der Waals surface area (Å²) in [4.78, 5) is 4.18. The van der Waals surface area contributed by atoms with Crippen molar-refractivity contribution in [2.45, 2.75) is 32.2 Å². The van der Waals surface area contributed by atoms with Crippen LogP contribution in [0.5, 0.6) is 0 Å². The van der Waals surface area contributed by atoms with Crippen molar-refractivity contribution < 1.29 is 8.91 Å². The molecule has 1 unspecified atom stereocenters. The highest BCUT2D eigenvalue weighted by atomic mass is 35.5. The van der Waals surface area contributed by atoms with Gasteiger partial charge in [0.25, 0.3) is 0 Å². The molecule has 0 saturated heterocycles. The first-order chi connectivity index (χ1) is 9.11. The lowest BCUT2D eigenvalue weighted by Gasteiger charge is -2.02. The third-order valence-electron chi connectivity index (χ3n) is 2.78. The number of benzene rings is 1. The van der Waals surface area contributed by atoms with Gasteiger partial charge in [0.1, 0.15) is 5.82 Å². The molecule has 1 heterocycles. The summed E-state index contributed by atoms with van der Waals surface area (Å²) in [6.45, 7) is 2.03. The van der Waals surface area contributed by atoms with Crippen molar-refractivity contribution in [3.63, 3.8) is 0 Å². The maximum atomic E-state index is 13.7. The minimum absolute atomic E-state index is 0.0869. The van der Waals surface area contributed by atoms with Crippen molar-refractivity contribution in [3.8, 4) is 0 Å². The Bertz CT molecular complexity index is 559. The predicted octanol–water partition coefficient (Wildman–Crippen LogP) is 3.25. The molecule has 0 aliphatic heterocycles. The highest BCUT2D eigenvalue weighted by Gasteiger charge is 2.15. The summed E-state index contributed by atoms with van der Waals surface area (Å²) in [7, 11) is 0. The fourth-order valence-corrected chi connectivity index (χ4v) is 1.97. The van der Waals surface area contributed by atoms with E-state index in [0.717, 1.165) is 12.8 Å². The van der Waals surface area contributed by atoms with E-state index in [0.29, 0.717) is 17.3 Å². The van der Waals surface area contributed by atoms with Gasteiger partial charge >= 0.3 is 0 Å². The maximum Gasteiger partial charge on any atom is 0.243 e. The second-order valence-electron chi connectivity index (χ2n) is 4.33. The number of hydrogen-bond donors (Lipinski definition) is 1. The molecule has 2 N–H and O–H groups in total. The van der Waals surface area contributed by atoms with Crippen LogP contribution in [0.2, 0.25) is 5.02 Å². The van der Waals surface area contributed by atoms with E-state index in [-0.39, 0.29) is 17.5 Å². The molecule has 0 fully saturated rings. The molecule has 1 atom stereocenters. The Morgan fingerprint density at radius 2 is 2.26 bits per heavy atom. The monoisotopic (exact) mass is 283 g/mol. The van der Waals surface area contributed by atoms with E-state index in [1.165, 1.54) is 6.07 Å². The Kier molecular flexibility index (Phi) is 4.50. The van der Waals surface area contributed by atoms with Crippen molar-refractivity contribution in [1.82, 2.24) is 10.1 Å². The lowest BCUT2D eigenvalue weighted by atomic mass is 10.1. The second kappa shape index (κ2) is 6.12. The van der Waals surface area contributed by atoms with Gasteiger partial charge in [0, 0.05) is 6.42 Å². The summed E-state index contributed by atoms with van der Waals surface area (Å²) >= 11 is 5.72. The van der Waals surface area contributed by atoms with Crippen molar-refractivity contribution in [2.75, 3.05) is 0 Å². The van der Waals surface area contributed by atoms with Crippen LogP contribution in [0.25, 0.3) is 0 Å². The van der Waals surface area contributed by atoms with Crippen molar-refractivity contribution in [3.05, 3.63) is 46.3 Å². The molecule has 6 heteroatoms. The molecule has 0 saturated carbocycles. The topological polar surface area (TPSA) is 64.9 Å². The van der Waals surface area contributed by atoms with Crippen molar-refractivity contribution >= 4 is 11.6 Å². The average Bonchev–Trinajstić information content (AvgIpc) is 2.84. The SMILES string of the molecule is CCCC(N)c1nc(Cc2cccc(Cl)c2F)no1. The third kappa shape index (κ3) is 3.30. The largest absolute Gasteiger partial charge is 0.338 e. The molecule has 19 heavy (non-hydrogen) atoms. The first-order valence-electron chi connectivity index (χ1n) is 6.12. The summed E-state index contributed by atoms with van der Waals surface area (Å²) in [5.74, 6) is 0.343. The fraction of sp³-hybridized carbons (Fsp3) is 0.385. The molecule has 1 aromatic carbocycles. The fourth-order valence-electron chi connectivity index (χ4n) is 1.78. The molecule has 2 aromatic rings. The standard InChI is InChI=1S/C13H15ClFN3O/c1-2-4-10(16)13-17-11(18-19-13)7-8-5-3-6-9(14)12(8)15/h3,5-6,10H,2,4,7,16H2,1H3. The van der Waals surface area contributed by atoms with Crippen LogP contribution in [0.1, 0.15) is 43.1 Å². The summed E-state index contributed by atoms with van der Waals surface area (Å²) in [6.07, 6.45) is 1.93. The number of nitrogens with two attached hydrogens (primary N) is 1. The molecule has 0 bridgehead atoms. The maximum absolute atomic E-state index is 13.7. The van der Waals surface area contributed by atoms with Crippen LogP contribution in [-0.4, -0.2) is 10.1 Å². The zero-order valence-corrected chi connectivity index (χ0v) is 11.3. The van der Waals surface area contributed by atoms with Gasteiger partial charge in [-0.05, 0) is 18.1 Å². The van der Waals surface area contributed by atoms with Crippen LogP contribution in [0.3, 0.4) is 0 Å². The van der Waals surface area contributed by atoms with Crippen LogP contribution in [-0.2, 0) is 6.42 Å². The number of rotatable bonds is 5. The Morgan fingerprint density at radius 3 is 3.00 bits per heavy atom. The number of aromatic nitrogens is 2. The molecule has 0 spiro atoms. The summed E-state index contributed by atoms with van der Waals surface area (Å²) in [6, 6.07) is 4.56. The molecule has 1 aromatic heterocycles. The van der Waals surface area contributed by atoms with Crippen LogP contribution in [0, 0.1) is 5.82 Å². The van der Waals surface area contributed by atoms with E-state index in [2.05, 4.69) is 10.1 Å². The molecule has 2 rings (SSSR count). The smallest absolute Gasteiger partial charge is 0.243 e. The van der Waals surface area contributed by atoms with Gasteiger partial charge in [0.15, 0.2) is 5.82 Å². The number of hydrogen-bond acceptors (Lipinski definition) is 4. The lowest BCUT2D eigenvalue weighted by molar-refractivity contribution is 0.344. The lowest BCUT2D eigenvalue weighted by Crippen LogP contribution is -2.10. The van der Waals surface area contributed by atoms with Gasteiger partial charge < -0.3 is 10.3 Å². The number of nitrogens with zero attached hydrogens (tertiary/aromatic N) is 2. The normalized spacial score (nSPS) is 12.6. The Morgan fingerprint density at radius 1 is 1.47 bits per heavy atom. The van der Waals surface area contributed by atoms with E-state index >= 15 is 0 Å². The summed E-state index contributed by atoms with van der Waals surface area (Å²) in [5, 5.41) is 3.90. The van der Waals surface area contributed by atoms with Gasteiger partial charge in [-0.1, -0.05) is 42.2 Å². The third-order valence-corrected chi connectivity index (χ3v) is 3.07. The Labute approximate surface area is 115 Å². The van der Waals surface area contributed by atoms with Crippen LogP contribution in [0.15, 0.2) is 22.7 Å². The molecule has 4 nitrogen and oxygen atoms in total. The zero-order valence-electron chi connectivity index (χ0n) is 10.6. The van der Waals surface area contributed by atoms with Crippen molar-refractivity contribution in [1.29, 1.82) is 0 Å². The number of halogens is 2. The van der Waals surface area contributed by atoms with Gasteiger partial charge in [-0.25, -0.2) is 4.39 Å². The highest BCUT2D eigenvalue weighted by molar-refractivity contribution is 6.30. The van der Waals surface area contributed by atoms with Crippen LogP contribution >= 0.6 is 11.6 Å². The van der Waals surface area contributed by atoms with E-state index < -0.39 is 5.82 Å². The first kappa shape index (κ1) is 14.0. The van der Waals surface area contributed by atoms with Gasteiger partial charge in [0.2, 0.25) is 5.89 Å². The molecule has 0 radical (unpaired) electrons. The second-order valence-corrected chi connectivity index (χ2v) is 4.74. The molecule has 0 aliphatic carbocycles. The molecule has 0 aliphatic rings. The summed E-state index contributed by atoms with van der Waals surface area (Å²) in [5.41, 5.74) is 6.31. The van der Waals surface area contributed by atoms with Crippen molar-refractivity contribution in [2.24, 2.45) is 5.73 Å². The molecule has 0 amide bonds. The van der Waals surface area contributed by atoms with E-state index in [1.807, 2.05) is 6.92 Å². The minimum atomic E-state index is -0.451. The van der Waals surface area contributed by atoms with E-state index in [9.17, 15) is 4.39 Å². The van der Waals surface area contributed by atoms with Crippen LogP contribution in [0.4, 0.5) is 4.39 Å². The van der Waals surface area contributed by atoms with E-state index in [1.54, 1.807) is 12.1 Å². The molecular formula is C13H15ClFN3O. The predicted molar refractivity (Wildman–Crippen MR) is 70.4 cm³/mol. The molecule has 102 valence electrons. The van der Waals surface area contributed by atoms with Gasteiger partial charge in [-0.2, -0.15) is 4.98 Å². The Balaban J connectivity index is 2.14. The van der Waals surface area contributed by atoms with Gasteiger partial charge in [0.05, 0.1) is 11.1 Å². The van der Waals surface area contributed by atoms with E-state index in [4.69, 9.17) is 21.9 Å². The highest BCUT2D eigenvalue weighted by Crippen LogP contribution is 2.20. The Hall–Kier alpha value is -1.46. The quantitative estimate of drug-likeness (QED) is 0.915. The minimum Gasteiger partial charge on any atom is -0.338 e.